The van der Waals surface area contributed by atoms with E-state index in [1.807, 2.05) is 12.3 Å². The molecule has 3 heterocycles. The summed E-state index contributed by atoms with van der Waals surface area (Å²) in [4.78, 5) is 27.3. The van der Waals surface area contributed by atoms with E-state index >= 15 is 0 Å². The molecule has 1 aliphatic heterocycles. The highest BCUT2D eigenvalue weighted by atomic mass is 16.3. The van der Waals surface area contributed by atoms with Crippen LogP contribution in [0.2, 0.25) is 0 Å². The van der Waals surface area contributed by atoms with E-state index in [0.717, 1.165) is 62.0 Å². The van der Waals surface area contributed by atoms with Crippen LogP contribution in [0, 0.1) is 17.3 Å². The largest absolute Gasteiger partial charge is 0.394 e. The van der Waals surface area contributed by atoms with E-state index in [1.165, 1.54) is 6.42 Å². The molecule has 1 amide bonds. The number of carbonyl (C=O) groups is 1. The lowest BCUT2D eigenvalue weighted by atomic mass is 9.78. The minimum absolute atomic E-state index is 0.0476. The molecule has 144 valence electrons. The van der Waals surface area contributed by atoms with Gasteiger partial charge in [-0.25, -0.2) is 9.97 Å². The second-order valence-corrected chi connectivity index (χ2v) is 8.55. The van der Waals surface area contributed by atoms with E-state index in [0.29, 0.717) is 5.92 Å². The summed E-state index contributed by atoms with van der Waals surface area (Å²) in [7, 11) is 0. The minimum Gasteiger partial charge on any atom is -0.394 e. The number of nitrogens with zero attached hydrogens (tertiary/aromatic N) is 3. The molecule has 0 radical (unpaired) electrons. The van der Waals surface area contributed by atoms with Crippen molar-refractivity contribution in [2.75, 3.05) is 24.6 Å². The van der Waals surface area contributed by atoms with Crippen molar-refractivity contribution in [1.29, 1.82) is 0 Å². The SMILES string of the molecule is O=C(N[C@H](CO)C1CCC1)[C@H]1CCN(c2ncnc3[nH]ccc23)CC12CC2. The predicted molar refractivity (Wildman–Crippen MR) is 102 cm³/mol. The third-order valence-electron chi connectivity index (χ3n) is 7.02. The van der Waals surface area contributed by atoms with Crippen molar-refractivity contribution >= 4 is 22.8 Å². The second kappa shape index (κ2) is 6.48. The van der Waals surface area contributed by atoms with Crippen molar-refractivity contribution in [3.63, 3.8) is 0 Å². The molecule has 7 nitrogen and oxygen atoms in total. The molecule has 1 saturated heterocycles. The van der Waals surface area contributed by atoms with Crippen molar-refractivity contribution in [1.82, 2.24) is 20.3 Å². The van der Waals surface area contributed by atoms with E-state index in [1.54, 1.807) is 6.33 Å². The number of H-pyrrole nitrogens is 1. The number of nitrogens with one attached hydrogen (secondary N) is 2. The highest BCUT2D eigenvalue weighted by Gasteiger charge is 2.55. The van der Waals surface area contributed by atoms with Crippen LogP contribution in [0.4, 0.5) is 5.82 Å². The van der Waals surface area contributed by atoms with Crippen molar-refractivity contribution in [3.8, 4) is 0 Å². The molecule has 2 aliphatic carbocycles. The third kappa shape index (κ3) is 2.88. The molecule has 0 bridgehead atoms. The van der Waals surface area contributed by atoms with Crippen LogP contribution in [-0.2, 0) is 4.79 Å². The number of rotatable bonds is 5. The number of piperidine rings is 1. The molecule has 3 aliphatic rings. The van der Waals surface area contributed by atoms with Crippen LogP contribution in [0.25, 0.3) is 11.0 Å². The van der Waals surface area contributed by atoms with Gasteiger partial charge in [-0.3, -0.25) is 4.79 Å². The lowest BCUT2D eigenvalue weighted by Crippen LogP contribution is -2.52. The summed E-state index contributed by atoms with van der Waals surface area (Å²) in [6.07, 6.45) is 9.98. The van der Waals surface area contributed by atoms with Crippen LogP contribution in [-0.4, -0.2) is 51.7 Å². The van der Waals surface area contributed by atoms with Crippen LogP contribution in [0.1, 0.15) is 38.5 Å². The Labute approximate surface area is 158 Å². The first kappa shape index (κ1) is 17.0. The highest BCUT2D eigenvalue weighted by Crippen LogP contribution is 2.56. The number of aromatic amines is 1. The molecule has 2 saturated carbocycles. The number of aromatic nitrogens is 3. The van der Waals surface area contributed by atoms with E-state index in [9.17, 15) is 9.90 Å². The third-order valence-corrected chi connectivity index (χ3v) is 7.02. The van der Waals surface area contributed by atoms with Crippen molar-refractivity contribution in [2.24, 2.45) is 17.3 Å². The van der Waals surface area contributed by atoms with Gasteiger partial charge in [-0.05, 0) is 49.5 Å². The van der Waals surface area contributed by atoms with Crippen molar-refractivity contribution in [3.05, 3.63) is 18.6 Å². The summed E-state index contributed by atoms with van der Waals surface area (Å²) in [6, 6.07) is 1.95. The van der Waals surface area contributed by atoms with Gasteiger partial charge in [-0.2, -0.15) is 0 Å². The molecule has 0 unspecified atom stereocenters. The Balaban J connectivity index is 1.31. The molecule has 3 N–H and O–H groups in total. The molecule has 7 heteroatoms. The maximum atomic E-state index is 13.0. The van der Waals surface area contributed by atoms with Gasteiger partial charge < -0.3 is 20.3 Å². The van der Waals surface area contributed by atoms with Gasteiger partial charge in [0.25, 0.3) is 0 Å². The molecular weight excluding hydrogens is 342 g/mol. The molecule has 1 spiro atoms. The average molecular weight is 369 g/mol. The van der Waals surface area contributed by atoms with Gasteiger partial charge >= 0.3 is 0 Å². The van der Waals surface area contributed by atoms with Gasteiger partial charge in [-0.15, -0.1) is 0 Å². The number of anilines is 1. The summed E-state index contributed by atoms with van der Waals surface area (Å²) in [5.74, 6) is 1.62. The minimum atomic E-state index is -0.0681. The first-order valence-electron chi connectivity index (χ1n) is 10.1. The zero-order chi connectivity index (χ0) is 18.4. The Bertz CT molecular complexity index is 842. The van der Waals surface area contributed by atoms with Crippen LogP contribution < -0.4 is 10.2 Å². The number of aliphatic hydroxyl groups is 1. The first-order chi connectivity index (χ1) is 13.2. The highest BCUT2D eigenvalue weighted by molar-refractivity contribution is 5.87. The summed E-state index contributed by atoms with van der Waals surface area (Å²) in [6.45, 7) is 1.74. The van der Waals surface area contributed by atoms with Gasteiger partial charge in [0.05, 0.1) is 18.0 Å². The second-order valence-electron chi connectivity index (χ2n) is 8.55. The van der Waals surface area contributed by atoms with Crippen LogP contribution in [0.15, 0.2) is 18.6 Å². The van der Waals surface area contributed by atoms with Crippen molar-refractivity contribution in [2.45, 2.75) is 44.6 Å². The predicted octanol–water partition coefficient (Wildman–Crippen LogP) is 1.84. The van der Waals surface area contributed by atoms with Gasteiger partial charge in [0.1, 0.15) is 17.8 Å². The van der Waals surface area contributed by atoms with E-state index < -0.39 is 0 Å². The molecule has 27 heavy (non-hydrogen) atoms. The smallest absolute Gasteiger partial charge is 0.224 e. The molecule has 0 aromatic carbocycles. The molecular formula is C20H27N5O2. The van der Waals surface area contributed by atoms with Gasteiger partial charge in [-0.1, -0.05) is 6.42 Å². The monoisotopic (exact) mass is 369 g/mol. The summed E-state index contributed by atoms with van der Waals surface area (Å²) < 4.78 is 0. The molecule has 2 atom stereocenters. The van der Waals surface area contributed by atoms with Crippen LogP contribution in [0.5, 0.6) is 0 Å². The maximum Gasteiger partial charge on any atom is 0.224 e. The fourth-order valence-electron chi connectivity index (χ4n) is 4.97. The standard InChI is InChI=1S/C20H27N5O2/c26-10-16(13-2-1-3-13)24-19(27)15-5-9-25(11-20(15)6-7-20)18-14-4-8-21-17(14)22-12-23-18/h4,8,12-13,15-16,26H,1-3,5-7,9-11H2,(H,24,27)(H,21,22,23)/t15-,16-/m1/s1. The summed E-state index contributed by atoms with van der Waals surface area (Å²) in [5, 5.41) is 13.9. The van der Waals surface area contributed by atoms with E-state index in [4.69, 9.17) is 0 Å². The molecule has 3 fully saturated rings. The fraction of sp³-hybridized carbons (Fsp3) is 0.650. The topological polar surface area (TPSA) is 94.1 Å². The van der Waals surface area contributed by atoms with Crippen LogP contribution >= 0.6 is 0 Å². The Morgan fingerprint density at radius 1 is 1.37 bits per heavy atom. The van der Waals surface area contributed by atoms with E-state index in [2.05, 4.69) is 25.2 Å². The number of hydrogen-bond donors (Lipinski definition) is 3. The zero-order valence-electron chi connectivity index (χ0n) is 15.5. The quantitative estimate of drug-likeness (QED) is 0.748. The Kier molecular flexibility index (Phi) is 4.07. The lowest BCUT2D eigenvalue weighted by Gasteiger charge is -2.40. The Morgan fingerprint density at radius 3 is 2.93 bits per heavy atom. The number of carbonyl (C=O) groups excluding carboxylic acids is 1. The van der Waals surface area contributed by atoms with Gasteiger partial charge in [0.2, 0.25) is 5.91 Å². The number of aliphatic hydroxyl groups excluding tert-OH is 1. The molecule has 5 rings (SSSR count). The van der Waals surface area contributed by atoms with Crippen LogP contribution in [0.3, 0.4) is 0 Å². The van der Waals surface area contributed by atoms with Gasteiger partial charge in [0, 0.05) is 25.2 Å². The van der Waals surface area contributed by atoms with Crippen molar-refractivity contribution < 1.29 is 9.90 Å². The lowest BCUT2D eigenvalue weighted by molar-refractivity contribution is -0.129. The molecule has 2 aromatic rings. The summed E-state index contributed by atoms with van der Waals surface area (Å²) in [5.41, 5.74) is 0.922. The normalized spacial score (nSPS) is 25.4. The fourth-order valence-corrected chi connectivity index (χ4v) is 4.97. The first-order valence-corrected chi connectivity index (χ1v) is 10.1. The van der Waals surface area contributed by atoms with E-state index in [-0.39, 0.29) is 29.9 Å². The van der Waals surface area contributed by atoms with Gasteiger partial charge in [0.15, 0.2) is 0 Å². The average Bonchev–Trinajstić information content (AvgIpc) is 3.21. The summed E-state index contributed by atoms with van der Waals surface area (Å²) >= 11 is 0. The number of amides is 1. The number of hydrogen-bond acceptors (Lipinski definition) is 5. The zero-order valence-corrected chi connectivity index (χ0v) is 15.5. The Morgan fingerprint density at radius 2 is 2.22 bits per heavy atom. The maximum absolute atomic E-state index is 13.0. The Hall–Kier alpha value is -2.15. The number of fused-ring (bicyclic) bond motifs is 1. The molecule has 2 aromatic heterocycles.